The van der Waals surface area contributed by atoms with Crippen LogP contribution in [-0.2, 0) is 6.54 Å². The molecule has 0 amide bonds. The van der Waals surface area contributed by atoms with Crippen LogP contribution in [0.5, 0.6) is 0 Å². The van der Waals surface area contributed by atoms with Crippen LogP contribution in [0.1, 0.15) is 5.01 Å². The molecule has 0 aliphatic rings. The van der Waals surface area contributed by atoms with Gasteiger partial charge in [-0.3, -0.25) is 4.79 Å². The van der Waals surface area contributed by atoms with E-state index < -0.39 is 0 Å². The molecule has 0 unspecified atom stereocenters. The SMILES string of the molecule is Nc1cn(Cc2nc3ccccc3s2)ccc1=O. The molecular weight excluding hydrogens is 246 g/mol. The summed E-state index contributed by atoms with van der Waals surface area (Å²) in [5.74, 6) is 0. The standard InChI is InChI=1S/C13H11N3OS/c14-9-7-16(6-5-11(9)17)8-13-15-10-3-1-2-4-12(10)18-13/h1-7H,8,14H2. The molecule has 2 heterocycles. The number of nitrogens with zero attached hydrogens (tertiary/aromatic N) is 2. The maximum Gasteiger partial charge on any atom is 0.204 e. The maximum absolute atomic E-state index is 11.2. The summed E-state index contributed by atoms with van der Waals surface area (Å²) < 4.78 is 3.04. The summed E-state index contributed by atoms with van der Waals surface area (Å²) in [4.78, 5) is 15.8. The second kappa shape index (κ2) is 4.27. The third-order valence-corrected chi connectivity index (χ3v) is 3.68. The average Bonchev–Trinajstić information content (AvgIpc) is 2.76. The van der Waals surface area contributed by atoms with Gasteiger partial charge in [0.15, 0.2) is 0 Å². The van der Waals surface area contributed by atoms with Crippen LogP contribution in [0.2, 0.25) is 0 Å². The summed E-state index contributed by atoms with van der Waals surface area (Å²) in [5.41, 5.74) is 6.72. The van der Waals surface area contributed by atoms with E-state index >= 15 is 0 Å². The number of hydrogen-bond donors (Lipinski definition) is 1. The number of thiazole rings is 1. The highest BCUT2D eigenvalue weighted by atomic mass is 32.1. The van der Waals surface area contributed by atoms with Gasteiger partial charge in [0, 0.05) is 18.5 Å². The van der Waals surface area contributed by atoms with Crippen LogP contribution in [0.4, 0.5) is 5.69 Å². The number of anilines is 1. The van der Waals surface area contributed by atoms with Crippen molar-refractivity contribution in [2.75, 3.05) is 5.73 Å². The third kappa shape index (κ3) is 2.00. The van der Waals surface area contributed by atoms with Crippen LogP contribution in [0.3, 0.4) is 0 Å². The zero-order chi connectivity index (χ0) is 12.5. The topological polar surface area (TPSA) is 60.9 Å². The van der Waals surface area contributed by atoms with Gasteiger partial charge in [-0.05, 0) is 12.1 Å². The van der Waals surface area contributed by atoms with Crippen molar-refractivity contribution in [2.24, 2.45) is 0 Å². The van der Waals surface area contributed by atoms with Gasteiger partial charge in [-0.2, -0.15) is 0 Å². The number of aromatic nitrogens is 2. The molecule has 0 fully saturated rings. The first-order chi connectivity index (χ1) is 8.72. The second-order valence-corrected chi connectivity index (χ2v) is 5.13. The highest BCUT2D eigenvalue weighted by Crippen LogP contribution is 2.22. The molecule has 0 bridgehead atoms. The maximum atomic E-state index is 11.2. The molecule has 18 heavy (non-hydrogen) atoms. The number of nitrogens with two attached hydrogens (primary N) is 1. The van der Waals surface area contributed by atoms with Crippen LogP contribution in [0.25, 0.3) is 10.2 Å². The Labute approximate surface area is 107 Å². The van der Waals surface area contributed by atoms with E-state index in [1.165, 1.54) is 10.8 Å². The first-order valence-electron chi connectivity index (χ1n) is 5.52. The lowest BCUT2D eigenvalue weighted by molar-refractivity contribution is 0.786. The minimum absolute atomic E-state index is 0.143. The molecule has 5 heteroatoms. The molecule has 0 saturated heterocycles. The van der Waals surface area contributed by atoms with E-state index in [1.54, 1.807) is 23.7 Å². The van der Waals surface area contributed by atoms with E-state index in [9.17, 15) is 4.79 Å². The van der Waals surface area contributed by atoms with Crippen LogP contribution in [0.15, 0.2) is 47.5 Å². The number of para-hydroxylation sites is 1. The predicted molar refractivity (Wildman–Crippen MR) is 73.8 cm³/mol. The third-order valence-electron chi connectivity index (χ3n) is 2.66. The fourth-order valence-electron chi connectivity index (χ4n) is 1.79. The van der Waals surface area contributed by atoms with Crippen molar-refractivity contribution in [3.8, 4) is 0 Å². The molecule has 2 N–H and O–H groups in total. The molecule has 0 aliphatic carbocycles. The van der Waals surface area contributed by atoms with Crippen molar-refractivity contribution < 1.29 is 0 Å². The van der Waals surface area contributed by atoms with Crippen LogP contribution < -0.4 is 11.2 Å². The molecule has 3 rings (SSSR count). The van der Waals surface area contributed by atoms with Crippen LogP contribution in [0, 0.1) is 0 Å². The molecule has 0 aliphatic heterocycles. The molecule has 0 radical (unpaired) electrons. The molecule has 90 valence electrons. The van der Waals surface area contributed by atoms with E-state index in [2.05, 4.69) is 11.1 Å². The Kier molecular flexibility index (Phi) is 2.60. The van der Waals surface area contributed by atoms with Gasteiger partial charge in [0.1, 0.15) is 5.01 Å². The van der Waals surface area contributed by atoms with Crippen LogP contribution in [-0.4, -0.2) is 9.55 Å². The van der Waals surface area contributed by atoms with E-state index in [0.29, 0.717) is 6.54 Å². The van der Waals surface area contributed by atoms with E-state index in [1.807, 2.05) is 22.8 Å². The monoisotopic (exact) mass is 257 g/mol. The van der Waals surface area contributed by atoms with Crippen molar-refractivity contribution in [2.45, 2.75) is 6.54 Å². The highest BCUT2D eigenvalue weighted by Gasteiger charge is 2.03. The summed E-state index contributed by atoms with van der Waals surface area (Å²) in [6.45, 7) is 0.629. The van der Waals surface area contributed by atoms with Gasteiger partial charge in [0.25, 0.3) is 0 Å². The van der Waals surface area contributed by atoms with E-state index in [-0.39, 0.29) is 11.1 Å². The summed E-state index contributed by atoms with van der Waals surface area (Å²) in [6.07, 6.45) is 3.37. The van der Waals surface area contributed by atoms with Crippen LogP contribution >= 0.6 is 11.3 Å². The summed E-state index contributed by atoms with van der Waals surface area (Å²) >= 11 is 1.65. The zero-order valence-electron chi connectivity index (χ0n) is 9.54. The van der Waals surface area contributed by atoms with E-state index in [0.717, 1.165) is 10.5 Å². The van der Waals surface area contributed by atoms with Crippen molar-refractivity contribution in [3.63, 3.8) is 0 Å². The number of fused-ring (bicyclic) bond motifs is 1. The first kappa shape index (κ1) is 11.0. The Morgan fingerprint density at radius 3 is 2.89 bits per heavy atom. The Morgan fingerprint density at radius 1 is 1.28 bits per heavy atom. The van der Waals surface area contributed by atoms with Gasteiger partial charge in [0.2, 0.25) is 5.43 Å². The molecule has 0 spiro atoms. The molecule has 0 saturated carbocycles. The molecule has 3 aromatic rings. The lowest BCUT2D eigenvalue weighted by atomic mass is 10.3. The summed E-state index contributed by atoms with van der Waals surface area (Å²) in [6, 6.07) is 9.50. The molecule has 1 aromatic carbocycles. The Balaban J connectivity index is 1.96. The number of nitrogen functional groups attached to an aromatic ring is 1. The largest absolute Gasteiger partial charge is 0.394 e. The minimum Gasteiger partial charge on any atom is -0.394 e. The summed E-state index contributed by atoms with van der Waals surface area (Å²) in [5, 5.41) is 0.999. The smallest absolute Gasteiger partial charge is 0.204 e. The lowest BCUT2D eigenvalue weighted by Crippen LogP contribution is -2.11. The van der Waals surface area contributed by atoms with Crippen molar-refractivity contribution >= 4 is 27.2 Å². The number of pyridine rings is 1. The number of hydrogen-bond acceptors (Lipinski definition) is 4. The van der Waals surface area contributed by atoms with Gasteiger partial charge in [-0.15, -0.1) is 11.3 Å². The number of rotatable bonds is 2. The fourth-order valence-corrected chi connectivity index (χ4v) is 2.76. The second-order valence-electron chi connectivity index (χ2n) is 4.01. The van der Waals surface area contributed by atoms with Gasteiger partial charge in [0.05, 0.1) is 22.4 Å². The van der Waals surface area contributed by atoms with Gasteiger partial charge in [-0.25, -0.2) is 4.98 Å². The Bertz CT molecular complexity index is 727. The van der Waals surface area contributed by atoms with Crippen molar-refractivity contribution in [1.29, 1.82) is 0 Å². The van der Waals surface area contributed by atoms with Crippen molar-refractivity contribution in [1.82, 2.24) is 9.55 Å². The number of benzene rings is 1. The van der Waals surface area contributed by atoms with E-state index in [4.69, 9.17) is 5.73 Å². The van der Waals surface area contributed by atoms with Crippen molar-refractivity contribution in [3.05, 3.63) is 58.0 Å². The first-order valence-corrected chi connectivity index (χ1v) is 6.34. The lowest BCUT2D eigenvalue weighted by Gasteiger charge is -2.03. The van der Waals surface area contributed by atoms with Gasteiger partial charge < -0.3 is 10.3 Å². The average molecular weight is 257 g/mol. The summed E-state index contributed by atoms with van der Waals surface area (Å²) in [7, 11) is 0. The fraction of sp³-hybridized carbons (Fsp3) is 0.0769. The quantitative estimate of drug-likeness (QED) is 0.764. The molecular formula is C13H11N3OS. The minimum atomic E-state index is -0.143. The van der Waals surface area contributed by atoms with Gasteiger partial charge >= 0.3 is 0 Å². The molecule has 4 nitrogen and oxygen atoms in total. The zero-order valence-corrected chi connectivity index (χ0v) is 10.4. The normalized spacial score (nSPS) is 10.9. The Morgan fingerprint density at radius 2 is 2.11 bits per heavy atom. The molecule has 2 aromatic heterocycles. The van der Waals surface area contributed by atoms with Gasteiger partial charge in [-0.1, -0.05) is 12.1 Å². The molecule has 0 atom stereocenters. The Hall–Kier alpha value is -2.14. The highest BCUT2D eigenvalue weighted by molar-refractivity contribution is 7.18. The predicted octanol–water partition coefficient (Wildman–Crippen LogP) is 2.09.